The van der Waals surface area contributed by atoms with Crippen molar-refractivity contribution >= 4 is 34.5 Å². The van der Waals surface area contributed by atoms with Crippen LogP contribution in [0.15, 0.2) is 79.0 Å². The maximum atomic E-state index is 12.5. The molecule has 0 bridgehead atoms. The van der Waals surface area contributed by atoms with Crippen LogP contribution < -0.4 is 14.8 Å². The number of carboxylic acid groups (broad SMARTS) is 1. The van der Waals surface area contributed by atoms with Gasteiger partial charge in [-0.25, -0.2) is 14.8 Å². The quantitative estimate of drug-likeness (QED) is 0.375. The maximum Gasteiger partial charge on any atom is 0.330 e. The van der Waals surface area contributed by atoms with Gasteiger partial charge in [0.15, 0.2) is 12.1 Å². The van der Waals surface area contributed by atoms with Gasteiger partial charge in [0.2, 0.25) is 5.88 Å². The molecule has 0 fully saturated rings. The van der Waals surface area contributed by atoms with Crippen molar-refractivity contribution in [2.45, 2.75) is 19.1 Å². The zero-order chi connectivity index (χ0) is 24.1. The number of amides is 1. The standard InChI is InChI=1S/C25H20ClN3O5/c1-15(24(30)29-23(25(31)32)16-5-3-2-4-6-16)33-18-8-10-19(11-9-18)34-22-14-27-21-13-17(26)7-12-20(21)28-22/h2-15,23H,1H3,(H,29,30)(H,31,32). The average molecular weight is 478 g/mol. The van der Waals surface area contributed by atoms with E-state index in [4.69, 9.17) is 21.1 Å². The molecule has 2 atom stereocenters. The Morgan fingerprint density at radius 2 is 1.68 bits per heavy atom. The van der Waals surface area contributed by atoms with Crippen LogP contribution in [0.5, 0.6) is 17.4 Å². The van der Waals surface area contributed by atoms with Crippen LogP contribution in [0, 0.1) is 0 Å². The lowest BCUT2D eigenvalue weighted by Crippen LogP contribution is -2.41. The van der Waals surface area contributed by atoms with Gasteiger partial charge in [-0.1, -0.05) is 41.9 Å². The molecule has 0 aliphatic rings. The highest BCUT2D eigenvalue weighted by Crippen LogP contribution is 2.25. The maximum absolute atomic E-state index is 12.5. The number of aromatic nitrogens is 2. The fourth-order valence-electron chi connectivity index (χ4n) is 3.17. The third-order valence-corrected chi connectivity index (χ3v) is 5.11. The molecule has 2 unspecified atom stereocenters. The Morgan fingerprint density at radius 1 is 0.971 bits per heavy atom. The van der Waals surface area contributed by atoms with E-state index in [0.29, 0.717) is 39.0 Å². The summed E-state index contributed by atoms with van der Waals surface area (Å²) in [5, 5.41) is 12.6. The molecular weight excluding hydrogens is 458 g/mol. The first-order chi connectivity index (χ1) is 16.4. The van der Waals surface area contributed by atoms with Crippen LogP contribution in [0.4, 0.5) is 0 Å². The zero-order valence-corrected chi connectivity index (χ0v) is 18.8. The predicted molar refractivity (Wildman–Crippen MR) is 126 cm³/mol. The second kappa shape index (κ2) is 10.2. The number of nitrogens with zero attached hydrogens (tertiary/aromatic N) is 2. The molecule has 0 saturated carbocycles. The summed E-state index contributed by atoms with van der Waals surface area (Å²) in [7, 11) is 0. The summed E-state index contributed by atoms with van der Waals surface area (Å²) in [5.41, 5.74) is 1.78. The molecule has 34 heavy (non-hydrogen) atoms. The number of carbonyl (C=O) groups excluding carboxylic acids is 1. The van der Waals surface area contributed by atoms with E-state index in [9.17, 15) is 14.7 Å². The molecule has 8 nitrogen and oxygen atoms in total. The topological polar surface area (TPSA) is 111 Å². The number of benzene rings is 3. The Balaban J connectivity index is 1.37. The summed E-state index contributed by atoms with van der Waals surface area (Å²) in [6.07, 6.45) is 0.580. The van der Waals surface area contributed by atoms with Gasteiger partial charge in [0.25, 0.3) is 5.91 Å². The third kappa shape index (κ3) is 5.60. The van der Waals surface area contributed by atoms with E-state index in [0.717, 1.165) is 0 Å². The number of ether oxygens (including phenoxy) is 2. The van der Waals surface area contributed by atoms with Gasteiger partial charge >= 0.3 is 5.97 Å². The second-order valence-electron chi connectivity index (χ2n) is 7.37. The van der Waals surface area contributed by atoms with Crippen LogP contribution >= 0.6 is 11.6 Å². The normalized spacial score (nSPS) is 12.5. The molecule has 4 aromatic rings. The van der Waals surface area contributed by atoms with Gasteiger partial charge in [0.05, 0.1) is 17.2 Å². The molecule has 0 aliphatic heterocycles. The largest absolute Gasteiger partial charge is 0.481 e. The number of halogens is 1. The fourth-order valence-corrected chi connectivity index (χ4v) is 3.34. The summed E-state index contributed by atoms with van der Waals surface area (Å²) in [5.74, 6) is -0.476. The van der Waals surface area contributed by atoms with E-state index in [1.165, 1.54) is 6.20 Å². The predicted octanol–water partition coefficient (Wildman–Crippen LogP) is 4.78. The van der Waals surface area contributed by atoms with E-state index in [1.807, 2.05) is 0 Å². The van der Waals surface area contributed by atoms with E-state index in [1.54, 1.807) is 79.7 Å². The molecule has 0 aliphatic carbocycles. The Hall–Kier alpha value is -4.17. The van der Waals surface area contributed by atoms with Gasteiger partial charge < -0.3 is 19.9 Å². The first-order valence-corrected chi connectivity index (χ1v) is 10.7. The lowest BCUT2D eigenvalue weighted by Gasteiger charge is -2.19. The van der Waals surface area contributed by atoms with Crippen molar-refractivity contribution < 1.29 is 24.2 Å². The Kier molecular flexibility index (Phi) is 6.89. The summed E-state index contributed by atoms with van der Waals surface area (Å²) in [6.45, 7) is 1.54. The molecule has 0 spiro atoms. The van der Waals surface area contributed by atoms with Crippen LogP contribution in [-0.4, -0.2) is 33.1 Å². The van der Waals surface area contributed by atoms with E-state index in [2.05, 4.69) is 15.3 Å². The highest BCUT2D eigenvalue weighted by atomic mass is 35.5. The first-order valence-electron chi connectivity index (χ1n) is 10.3. The minimum absolute atomic E-state index is 0.317. The number of carbonyl (C=O) groups is 2. The number of nitrogens with one attached hydrogen (secondary N) is 1. The van der Waals surface area contributed by atoms with Gasteiger partial charge in [-0.05, 0) is 55.0 Å². The lowest BCUT2D eigenvalue weighted by atomic mass is 10.1. The molecule has 0 saturated heterocycles. The van der Waals surface area contributed by atoms with Crippen molar-refractivity contribution in [1.29, 1.82) is 0 Å². The van der Waals surface area contributed by atoms with E-state index >= 15 is 0 Å². The van der Waals surface area contributed by atoms with Crippen molar-refractivity contribution in [2.75, 3.05) is 0 Å². The zero-order valence-electron chi connectivity index (χ0n) is 18.0. The molecule has 4 rings (SSSR count). The average Bonchev–Trinajstić information content (AvgIpc) is 2.84. The number of carboxylic acids is 1. The van der Waals surface area contributed by atoms with Gasteiger partial charge in [0, 0.05) is 5.02 Å². The molecule has 9 heteroatoms. The monoisotopic (exact) mass is 477 g/mol. The van der Waals surface area contributed by atoms with Gasteiger partial charge in [0.1, 0.15) is 11.5 Å². The minimum Gasteiger partial charge on any atom is -0.481 e. The first kappa shape index (κ1) is 23.0. The van der Waals surface area contributed by atoms with Gasteiger partial charge in [-0.15, -0.1) is 0 Å². The van der Waals surface area contributed by atoms with E-state index in [-0.39, 0.29) is 0 Å². The number of aliphatic carboxylic acids is 1. The smallest absolute Gasteiger partial charge is 0.330 e. The van der Waals surface area contributed by atoms with Gasteiger partial charge in [-0.2, -0.15) is 0 Å². The molecule has 2 N–H and O–H groups in total. The highest BCUT2D eigenvalue weighted by Gasteiger charge is 2.25. The number of hydrogen-bond donors (Lipinski definition) is 2. The van der Waals surface area contributed by atoms with Gasteiger partial charge in [-0.3, -0.25) is 4.79 Å². The molecule has 0 radical (unpaired) electrons. The molecule has 1 aromatic heterocycles. The molecule has 1 amide bonds. The Morgan fingerprint density at radius 3 is 2.38 bits per heavy atom. The van der Waals surface area contributed by atoms with E-state index < -0.39 is 24.0 Å². The van der Waals surface area contributed by atoms with Crippen LogP contribution in [0.2, 0.25) is 5.02 Å². The molecule has 3 aromatic carbocycles. The number of hydrogen-bond acceptors (Lipinski definition) is 6. The summed E-state index contributed by atoms with van der Waals surface area (Å²) in [4.78, 5) is 32.8. The highest BCUT2D eigenvalue weighted by molar-refractivity contribution is 6.31. The van der Waals surface area contributed by atoms with Crippen molar-refractivity contribution in [3.63, 3.8) is 0 Å². The second-order valence-corrected chi connectivity index (χ2v) is 7.80. The van der Waals surface area contributed by atoms with Crippen molar-refractivity contribution in [1.82, 2.24) is 15.3 Å². The summed E-state index contributed by atoms with van der Waals surface area (Å²) in [6, 6.07) is 19.1. The van der Waals surface area contributed by atoms with Crippen LogP contribution in [-0.2, 0) is 9.59 Å². The molecule has 1 heterocycles. The van der Waals surface area contributed by atoms with Crippen molar-refractivity contribution in [3.8, 4) is 17.4 Å². The number of rotatable bonds is 8. The molecular formula is C25H20ClN3O5. The summed E-state index contributed by atoms with van der Waals surface area (Å²) < 4.78 is 11.4. The van der Waals surface area contributed by atoms with Crippen LogP contribution in [0.3, 0.4) is 0 Å². The lowest BCUT2D eigenvalue weighted by molar-refractivity contribution is -0.143. The molecule has 172 valence electrons. The Labute approximate surface area is 200 Å². The van der Waals surface area contributed by atoms with Crippen molar-refractivity contribution in [3.05, 3.63) is 89.6 Å². The fraction of sp³-hybridized carbons (Fsp3) is 0.120. The van der Waals surface area contributed by atoms with Crippen molar-refractivity contribution in [2.24, 2.45) is 0 Å². The number of fused-ring (bicyclic) bond motifs is 1. The third-order valence-electron chi connectivity index (χ3n) is 4.88. The summed E-state index contributed by atoms with van der Waals surface area (Å²) >= 11 is 5.96. The van der Waals surface area contributed by atoms with Crippen LogP contribution in [0.1, 0.15) is 18.5 Å². The Bertz CT molecular complexity index is 1320. The SMILES string of the molecule is CC(Oc1ccc(Oc2cnc3cc(Cl)ccc3n2)cc1)C(=O)NC(C(=O)O)c1ccccc1. The minimum atomic E-state index is -1.17. The van der Waals surface area contributed by atoms with Crippen LogP contribution in [0.25, 0.3) is 11.0 Å².